The number of rotatable bonds is 2. The van der Waals surface area contributed by atoms with Gasteiger partial charge in [-0.05, 0) is 76.6 Å². The fourth-order valence-corrected chi connectivity index (χ4v) is 4.26. The van der Waals surface area contributed by atoms with E-state index in [1.165, 1.54) is 11.1 Å². The normalized spacial score (nSPS) is 25.7. The highest BCUT2D eigenvalue weighted by Gasteiger charge is 2.56. The van der Waals surface area contributed by atoms with E-state index in [0.29, 0.717) is 11.8 Å². The summed E-state index contributed by atoms with van der Waals surface area (Å²) in [4.78, 5) is 12.5. The van der Waals surface area contributed by atoms with Crippen LogP contribution in [0.25, 0.3) is 0 Å². The maximum atomic E-state index is 12.5. The standard InChI is InChI=1S/C18H16INO/c19-12-5-3-6-13(10-12)20-18(21)17-15-9-8-11-4-1-2-7-14(11)16(15)17/h1-7,10,15-17H,8-9H2,(H,20,21). The van der Waals surface area contributed by atoms with Crippen molar-refractivity contribution >= 4 is 34.2 Å². The van der Waals surface area contributed by atoms with Crippen molar-refractivity contribution in [3.63, 3.8) is 0 Å². The summed E-state index contributed by atoms with van der Waals surface area (Å²) in [5, 5.41) is 3.09. The molecule has 0 saturated heterocycles. The minimum absolute atomic E-state index is 0.159. The molecule has 0 spiro atoms. The Morgan fingerprint density at radius 3 is 2.86 bits per heavy atom. The van der Waals surface area contributed by atoms with Gasteiger partial charge in [0.25, 0.3) is 0 Å². The van der Waals surface area contributed by atoms with Gasteiger partial charge >= 0.3 is 0 Å². The average molecular weight is 389 g/mol. The van der Waals surface area contributed by atoms with Gasteiger partial charge < -0.3 is 5.32 Å². The number of benzene rings is 2. The summed E-state index contributed by atoms with van der Waals surface area (Å²) in [6.07, 6.45) is 2.26. The SMILES string of the molecule is O=C(Nc1cccc(I)c1)C1C2CCc3ccccc3C21. The monoisotopic (exact) mass is 389 g/mol. The second kappa shape index (κ2) is 5.13. The number of hydrogen-bond acceptors (Lipinski definition) is 1. The van der Waals surface area contributed by atoms with Crippen LogP contribution in [0.15, 0.2) is 48.5 Å². The van der Waals surface area contributed by atoms with Gasteiger partial charge in [0.1, 0.15) is 0 Å². The number of carbonyl (C=O) groups excluding carboxylic acids is 1. The number of aryl methyl sites for hydroxylation is 1. The maximum Gasteiger partial charge on any atom is 0.228 e. The second-order valence-corrected chi connectivity index (χ2v) is 7.20. The topological polar surface area (TPSA) is 29.1 Å². The van der Waals surface area contributed by atoms with Gasteiger partial charge in [-0.1, -0.05) is 30.3 Å². The Balaban J connectivity index is 1.53. The van der Waals surface area contributed by atoms with E-state index >= 15 is 0 Å². The first-order valence-corrected chi connectivity index (χ1v) is 8.46. The minimum atomic E-state index is 0.159. The highest BCUT2D eigenvalue weighted by atomic mass is 127. The van der Waals surface area contributed by atoms with E-state index in [9.17, 15) is 4.79 Å². The fourth-order valence-electron chi connectivity index (χ4n) is 3.72. The predicted molar refractivity (Wildman–Crippen MR) is 92.3 cm³/mol. The Morgan fingerprint density at radius 1 is 1.14 bits per heavy atom. The molecule has 4 rings (SSSR count). The smallest absolute Gasteiger partial charge is 0.228 e. The number of amides is 1. The number of fused-ring (bicyclic) bond motifs is 3. The molecule has 0 bridgehead atoms. The molecule has 3 heteroatoms. The molecular weight excluding hydrogens is 373 g/mol. The van der Waals surface area contributed by atoms with Gasteiger partial charge in [0.15, 0.2) is 0 Å². The molecule has 3 atom stereocenters. The van der Waals surface area contributed by atoms with Crippen LogP contribution in [0.4, 0.5) is 5.69 Å². The van der Waals surface area contributed by atoms with E-state index < -0.39 is 0 Å². The summed E-state index contributed by atoms with van der Waals surface area (Å²) in [5.74, 6) is 1.33. The minimum Gasteiger partial charge on any atom is -0.326 e. The molecule has 1 fully saturated rings. The summed E-state index contributed by atoms with van der Waals surface area (Å²) in [5.41, 5.74) is 3.74. The van der Waals surface area contributed by atoms with Crippen LogP contribution < -0.4 is 5.32 Å². The Hall–Kier alpha value is -1.36. The molecular formula is C18H16INO. The van der Waals surface area contributed by atoms with E-state index in [2.05, 4.69) is 52.2 Å². The van der Waals surface area contributed by atoms with Crippen LogP contribution in [0.5, 0.6) is 0 Å². The molecule has 21 heavy (non-hydrogen) atoms. The molecule has 2 aromatic carbocycles. The number of nitrogens with one attached hydrogen (secondary N) is 1. The predicted octanol–water partition coefficient (Wildman–Crippen LogP) is 4.21. The summed E-state index contributed by atoms with van der Waals surface area (Å²) >= 11 is 2.27. The van der Waals surface area contributed by atoms with Crippen molar-refractivity contribution in [1.82, 2.24) is 0 Å². The van der Waals surface area contributed by atoms with Crippen molar-refractivity contribution < 1.29 is 4.79 Å². The van der Waals surface area contributed by atoms with Crippen molar-refractivity contribution in [1.29, 1.82) is 0 Å². The van der Waals surface area contributed by atoms with E-state index in [0.717, 1.165) is 22.1 Å². The Morgan fingerprint density at radius 2 is 2.00 bits per heavy atom. The first-order chi connectivity index (χ1) is 10.2. The molecule has 1 saturated carbocycles. The Kier molecular flexibility index (Phi) is 3.25. The molecule has 2 aliphatic carbocycles. The Labute approximate surface area is 138 Å². The van der Waals surface area contributed by atoms with Crippen LogP contribution in [-0.2, 0) is 11.2 Å². The molecule has 3 unspecified atom stereocenters. The van der Waals surface area contributed by atoms with Crippen LogP contribution >= 0.6 is 22.6 Å². The lowest BCUT2D eigenvalue weighted by atomic mass is 9.92. The van der Waals surface area contributed by atoms with Crippen LogP contribution in [0.2, 0.25) is 0 Å². The van der Waals surface area contributed by atoms with Gasteiger partial charge in [0, 0.05) is 15.2 Å². The van der Waals surface area contributed by atoms with Gasteiger partial charge in [0.2, 0.25) is 5.91 Å². The fraction of sp³-hybridized carbons (Fsp3) is 0.278. The van der Waals surface area contributed by atoms with Crippen molar-refractivity contribution in [3.8, 4) is 0 Å². The Bertz CT molecular complexity index is 712. The molecule has 0 heterocycles. The molecule has 1 N–H and O–H groups in total. The molecule has 2 nitrogen and oxygen atoms in total. The summed E-state index contributed by atoms with van der Waals surface area (Å²) < 4.78 is 1.14. The quantitative estimate of drug-likeness (QED) is 0.767. The summed E-state index contributed by atoms with van der Waals surface area (Å²) in [6.45, 7) is 0. The molecule has 0 radical (unpaired) electrons. The van der Waals surface area contributed by atoms with E-state index in [4.69, 9.17) is 0 Å². The molecule has 2 aromatic rings. The van der Waals surface area contributed by atoms with Gasteiger partial charge in [-0.15, -0.1) is 0 Å². The molecule has 2 aliphatic rings. The van der Waals surface area contributed by atoms with Crippen LogP contribution in [0.3, 0.4) is 0 Å². The second-order valence-electron chi connectivity index (χ2n) is 5.95. The maximum absolute atomic E-state index is 12.5. The van der Waals surface area contributed by atoms with Crippen molar-refractivity contribution in [2.45, 2.75) is 18.8 Å². The lowest BCUT2D eigenvalue weighted by molar-refractivity contribution is -0.117. The molecule has 106 valence electrons. The van der Waals surface area contributed by atoms with Gasteiger partial charge in [-0.2, -0.15) is 0 Å². The third kappa shape index (κ3) is 2.37. The molecule has 0 aliphatic heterocycles. The zero-order valence-electron chi connectivity index (χ0n) is 11.6. The van der Waals surface area contributed by atoms with Gasteiger partial charge in [0.05, 0.1) is 0 Å². The number of carbonyl (C=O) groups is 1. The summed E-state index contributed by atoms with van der Waals surface area (Å²) in [6, 6.07) is 16.6. The lowest BCUT2D eigenvalue weighted by Crippen LogP contribution is -2.15. The van der Waals surface area contributed by atoms with Crippen molar-refractivity contribution in [2.24, 2.45) is 11.8 Å². The third-order valence-corrected chi connectivity index (χ3v) is 5.40. The van der Waals surface area contributed by atoms with E-state index in [1.807, 2.05) is 24.3 Å². The molecule has 0 aromatic heterocycles. The first-order valence-electron chi connectivity index (χ1n) is 7.38. The zero-order valence-corrected chi connectivity index (χ0v) is 13.7. The van der Waals surface area contributed by atoms with Crippen LogP contribution in [-0.4, -0.2) is 5.91 Å². The lowest BCUT2D eigenvalue weighted by Gasteiger charge is -2.13. The van der Waals surface area contributed by atoms with Crippen LogP contribution in [0.1, 0.15) is 23.5 Å². The van der Waals surface area contributed by atoms with E-state index in [1.54, 1.807) is 0 Å². The largest absolute Gasteiger partial charge is 0.326 e. The highest BCUT2D eigenvalue weighted by Crippen LogP contribution is 2.60. The van der Waals surface area contributed by atoms with Crippen molar-refractivity contribution in [2.75, 3.05) is 5.32 Å². The number of halogens is 1. The van der Waals surface area contributed by atoms with Gasteiger partial charge in [-0.25, -0.2) is 0 Å². The van der Waals surface area contributed by atoms with Gasteiger partial charge in [-0.3, -0.25) is 4.79 Å². The average Bonchev–Trinajstić information content (AvgIpc) is 3.22. The zero-order chi connectivity index (χ0) is 14.4. The third-order valence-electron chi connectivity index (χ3n) is 4.72. The molecule has 1 amide bonds. The van der Waals surface area contributed by atoms with E-state index in [-0.39, 0.29) is 11.8 Å². The number of anilines is 1. The first kappa shape index (κ1) is 13.3. The summed E-state index contributed by atoms with van der Waals surface area (Å²) in [7, 11) is 0. The number of hydrogen-bond donors (Lipinski definition) is 1. The van der Waals surface area contributed by atoms with Crippen molar-refractivity contribution in [3.05, 3.63) is 63.2 Å². The highest BCUT2D eigenvalue weighted by molar-refractivity contribution is 14.1. The van der Waals surface area contributed by atoms with Crippen LogP contribution in [0, 0.1) is 15.4 Å².